The third-order valence-electron chi connectivity index (χ3n) is 3.75. The number of esters is 1. The van der Waals surface area contributed by atoms with Gasteiger partial charge in [-0.2, -0.15) is 0 Å². The van der Waals surface area contributed by atoms with Crippen LogP contribution in [0.15, 0.2) is 42.7 Å². The standard InChI is InChI=1S/C18H19N3O2/c1-3-23-18(22)16-9-15-8-13(10-19)6-7-21(15)17(16)14-5-4-12(2)20-11-14/h4-9,11H,3,10,19H2,1-2H3. The highest BCUT2D eigenvalue weighted by Gasteiger charge is 2.19. The Bertz CT molecular complexity index is 851. The van der Waals surface area contributed by atoms with Crippen molar-refractivity contribution in [2.75, 3.05) is 6.61 Å². The molecule has 5 nitrogen and oxygen atoms in total. The molecule has 0 radical (unpaired) electrons. The van der Waals surface area contributed by atoms with Crippen LogP contribution < -0.4 is 5.73 Å². The minimum absolute atomic E-state index is 0.332. The van der Waals surface area contributed by atoms with Gasteiger partial charge < -0.3 is 14.9 Å². The molecule has 0 aliphatic rings. The highest BCUT2D eigenvalue weighted by atomic mass is 16.5. The fourth-order valence-corrected chi connectivity index (χ4v) is 2.62. The highest BCUT2D eigenvalue weighted by molar-refractivity contribution is 5.99. The number of aryl methyl sites for hydroxylation is 1. The summed E-state index contributed by atoms with van der Waals surface area (Å²) in [5, 5.41) is 0. The van der Waals surface area contributed by atoms with E-state index < -0.39 is 0 Å². The number of carbonyl (C=O) groups is 1. The second-order valence-corrected chi connectivity index (χ2v) is 5.35. The topological polar surface area (TPSA) is 69.6 Å². The number of rotatable bonds is 4. The van der Waals surface area contributed by atoms with Crippen LogP contribution >= 0.6 is 0 Å². The molecule has 2 N–H and O–H groups in total. The first-order valence-corrected chi connectivity index (χ1v) is 7.58. The summed E-state index contributed by atoms with van der Waals surface area (Å²) in [6, 6.07) is 9.66. The van der Waals surface area contributed by atoms with E-state index in [-0.39, 0.29) is 5.97 Å². The summed E-state index contributed by atoms with van der Waals surface area (Å²) >= 11 is 0. The van der Waals surface area contributed by atoms with Crippen LogP contribution in [0.4, 0.5) is 0 Å². The maximum Gasteiger partial charge on any atom is 0.340 e. The number of carbonyl (C=O) groups excluding carboxylic acids is 1. The number of hydrogen-bond donors (Lipinski definition) is 1. The van der Waals surface area contributed by atoms with E-state index in [0.717, 1.165) is 28.0 Å². The zero-order valence-corrected chi connectivity index (χ0v) is 13.2. The van der Waals surface area contributed by atoms with Crippen molar-refractivity contribution in [2.45, 2.75) is 20.4 Å². The van der Waals surface area contributed by atoms with Crippen molar-refractivity contribution in [1.82, 2.24) is 9.38 Å². The van der Waals surface area contributed by atoms with Gasteiger partial charge in [-0.15, -0.1) is 0 Å². The highest BCUT2D eigenvalue weighted by Crippen LogP contribution is 2.28. The van der Waals surface area contributed by atoms with Crippen molar-refractivity contribution in [2.24, 2.45) is 5.73 Å². The van der Waals surface area contributed by atoms with E-state index in [0.29, 0.717) is 18.7 Å². The number of hydrogen-bond acceptors (Lipinski definition) is 4. The molecule has 118 valence electrons. The van der Waals surface area contributed by atoms with Crippen LogP contribution in [0.5, 0.6) is 0 Å². The summed E-state index contributed by atoms with van der Waals surface area (Å²) in [5.74, 6) is -0.332. The summed E-state index contributed by atoms with van der Waals surface area (Å²) in [7, 11) is 0. The number of pyridine rings is 2. The van der Waals surface area contributed by atoms with Crippen molar-refractivity contribution >= 4 is 11.5 Å². The van der Waals surface area contributed by atoms with Gasteiger partial charge >= 0.3 is 5.97 Å². The van der Waals surface area contributed by atoms with Gasteiger partial charge in [-0.05, 0) is 49.7 Å². The van der Waals surface area contributed by atoms with Crippen LogP contribution in [0.3, 0.4) is 0 Å². The van der Waals surface area contributed by atoms with Gasteiger partial charge in [0.1, 0.15) is 0 Å². The number of nitrogens with zero attached hydrogens (tertiary/aromatic N) is 2. The van der Waals surface area contributed by atoms with Crippen LogP contribution in [0.1, 0.15) is 28.5 Å². The molecular weight excluding hydrogens is 290 g/mol. The lowest BCUT2D eigenvalue weighted by atomic mass is 10.1. The van der Waals surface area contributed by atoms with Gasteiger partial charge in [0.15, 0.2) is 0 Å². The lowest BCUT2D eigenvalue weighted by molar-refractivity contribution is 0.0527. The number of ether oxygens (including phenoxy) is 1. The molecule has 5 heteroatoms. The quantitative estimate of drug-likeness (QED) is 0.752. The Morgan fingerprint density at radius 2 is 2.13 bits per heavy atom. The molecule has 0 saturated heterocycles. The smallest absolute Gasteiger partial charge is 0.340 e. The first kappa shape index (κ1) is 15.2. The van der Waals surface area contributed by atoms with Crippen LogP contribution in [-0.4, -0.2) is 22.0 Å². The summed E-state index contributed by atoms with van der Waals surface area (Å²) in [4.78, 5) is 16.7. The summed E-state index contributed by atoms with van der Waals surface area (Å²) in [6.07, 6.45) is 3.70. The van der Waals surface area contributed by atoms with Crippen LogP contribution in [-0.2, 0) is 11.3 Å². The first-order chi connectivity index (χ1) is 11.1. The number of fused-ring (bicyclic) bond motifs is 1. The zero-order chi connectivity index (χ0) is 16.4. The van der Waals surface area contributed by atoms with Crippen molar-refractivity contribution in [3.63, 3.8) is 0 Å². The van der Waals surface area contributed by atoms with Crippen molar-refractivity contribution < 1.29 is 9.53 Å². The van der Waals surface area contributed by atoms with E-state index >= 15 is 0 Å². The monoisotopic (exact) mass is 309 g/mol. The van der Waals surface area contributed by atoms with Crippen molar-refractivity contribution in [1.29, 1.82) is 0 Å². The lowest BCUT2D eigenvalue weighted by Crippen LogP contribution is -2.05. The summed E-state index contributed by atoms with van der Waals surface area (Å²) in [5.41, 5.74) is 10.8. The van der Waals surface area contributed by atoms with Gasteiger partial charge in [0, 0.05) is 35.7 Å². The molecule has 0 amide bonds. The Hall–Kier alpha value is -2.66. The van der Waals surface area contributed by atoms with Gasteiger partial charge in [0.25, 0.3) is 0 Å². The molecular formula is C18H19N3O2. The predicted octanol–water partition coefficient (Wildman–Crippen LogP) is 2.95. The Balaban J connectivity index is 2.24. The normalized spacial score (nSPS) is 10.9. The third kappa shape index (κ3) is 2.83. The molecule has 0 bridgehead atoms. The van der Waals surface area contributed by atoms with E-state index in [1.54, 1.807) is 13.1 Å². The fourth-order valence-electron chi connectivity index (χ4n) is 2.62. The van der Waals surface area contributed by atoms with Crippen molar-refractivity contribution in [3.8, 4) is 11.3 Å². The van der Waals surface area contributed by atoms with Gasteiger partial charge in [-0.25, -0.2) is 4.79 Å². The van der Waals surface area contributed by atoms with Crippen LogP contribution in [0.25, 0.3) is 16.8 Å². The number of nitrogens with two attached hydrogens (primary N) is 1. The van der Waals surface area contributed by atoms with E-state index in [2.05, 4.69) is 4.98 Å². The average molecular weight is 309 g/mol. The van der Waals surface area contributed by atoms with Gasteiger partial charge in [0.2, 0.25) is 0 Å². The molecule has 3 aromatic heterocycles. The molecule has 23 heavy (non-hydrogen) atoms. The van der Waals surface area contributed by atoms with Gasteiger partial charge in [-0.3, -0.25) is 4.98 Å². The van der Waals surface area contributed by atoms with Crippen LogP contribution in [0.2, 0.25) is 0 Å². The molecule has 0 spiro atoms. The largest absolute Gasteiger partial charge is 0.462 e. The molecule has 0 unspecified atom stereocenters. The molecule has 3 heterocycles. The second kappa shape index (κ2) is 6.22. The Kier molecular flexibility index (Phi) is 4.12. The van der Waals surface area contributed by atoms with E-state index in [1.165, 1.54) is 0 Å². The Morgan fingerprint density at radius 1 is 1.30 bits per heavy atom. The van der Waals surface area contributed by atoms with Crippen molar-refractivity contribution in [3.05, 3.63) is 59.5 Å². The molecule has 0 aliphatic heterocycles. The fraction of sp³-hybridized carbons (Fsp3) is 0.222. The molecule has 0 atom stereocenters. The Labute approximate surface area is 134 Å². The average Bonchev–Trinajstić information content (AvgIpc) is 2.94. The first-order valence-electron chi connectivity index (χ1n) is 7.58. The molecule has 0 aliphatic carbocycles. The minimum Gasteiger partial charge on any atom is -0.462 e. The van der Waals surface area contributed by atoms with Gasteiger partial charge in [-0.1, -0.05) is 0 Å². The molecule has 3 aromatic rings. The van der Waals surface area contributed by atoms with E-state index in [9.17, 15) is 4.79 Å². The van der Waals surface area contributed by atoms with Gasteiger partial charge in [0.05, 0.1) is 17.9 Å². The lowest BCUT2D eigenvalue weighted by Gasteiger charge is -2.07. The van der Waals surface area contributed by atoms with Crippen LogP contribution in [0, 0.1) is 6.92 Å². The maximum atomic E-state index is 12.3. The Morgan fingerprint density at radius 3 is 2.78 bits per heavy atom. The maximum absolute atomic E-state index is 12.3. The minimum atomic E-state index is -0.332. The molecule has 0 fully saturated rings. The second-order valence-electron chi connectivity index (χ2n) is 5.35. The molecule has 0 saturated carbocycles. The van der Waals surface area contributed by atoms with E-state index in [1.807, 2.05) is 47.9 Å². The SMILES string of the molecule is CCOC(=O)c1cc2cc(CN)ccn2c1-c1ccc(C)nc1. The molecule has 0 aromatic carbocycles. The summed E-state index contributed by atoms with van der Waals surface area (Å²) < 4.78 is 7.17. The summed E-state index contributed by atoms with van der Waals surface area (Å²) in [6.45, 7) is 4.52. The van der Waals surface area contributed by atoms with E-state index in [4.69, 9.17) is 10.5 Å². The number of aromatic nitrogens is 2. The zero-order valence-electron chi connectivity index (χ0n) is 13.2. The molecule has 3 rings (SSSR count). The third-order valence-corrected chi connectivity index (χ3v) is 3.75. The predicted molar refractivity (Wildman–Crippen MR) is 89.2 cm³/mol.